The van der Waals surface area contributed by atoms with Crippen LogP contribution in [0, 0.1) is 0 Å². The molecule has 1 atom stereocenters. The fraction of sp³-hybridized carbons (Fsp3) is 0.0500. The number of anilines is 1. The first-order valence-electron chi connectivity index (χ1n) is 7.99. The van der Waals surface area contributed by atoms with Crippen molar-refractivity contribution in [2.45, 2.75) is 6.04 Å². The van der Waals surface area contributed by atoms with Gasteiger partial charge in [0, 0.05) is 18.1 Å². The lowest BCUT2D eigenvalue weighted by Gasteiger charge is -2.17. The molecule has 0 saturated carbocycles. The molecule has 1 heterocycles. The van der Waals surface area contributed by atoms with E-state index in [2.05, 4.69) is 15.6 Å². The van der Waals surface area contributed by atoms with Crippen molar-refractivity contribution in [3.63, 3.8) is 0 Å². The Bertz CT molecular complexity index is 881. The number of pyridine rings is 1. The van der Waals surface area contributed by atoms with E-state index < -0.39 is 18.0 Å². The van der Waals surface area contributed by atoms with Crippen LogP contribution in [-0.4, -0.2) is 22.1 Å². The van der Waals surface area contributed by atoms with E-state index in [-0.39, 0.29) is 0 Å². The minimum Gasteiger partial charge on any atom is -0.465 e. The highest BCUT2D eigenvalue weighted by Gasteiger charge is 2.22. The third-order valence-electron chi connectivity index (χ3n) is 3.83. The Hall–Kier alpha value is -3.67. The standard InChI is InChI=1S/C20H17N3O3/c24-19(18(23-20(25)26)16-4-2-1-3-5-16)22-17-8-6-14(7-9-17)15-10-12-21-13-11-15/h1-13,18,23H,(H,22,24)(H,25,26)/t18-/m0/s1. The third kappa shape index (κ3) is 4.24. The molecule has 0 fully saturated rings. The molecule has 130 valence electrons. The van der Waals surface area contributed by atoms with Crippen molar-refractivity contribution < 1.29 is 14.7 Å². The number of benzene rings is 2. The Labute approximate surface area is 150 Å². The second kappa shape index (κ2) is 7.94. The molecule has 0 saturated heterocycles. The minimum atomic E-state index is -1.26. The zero-order chi connectivity index (χ0) is 18.4. The highest BCUT2D eigenvalue weighted by Crippen LogP contribution is 2.22. The van der Waals surface area contributed by atoms with E-state index in [1.54, 1.807) is 54.9 Å². The maximum Gasteiger partial charge on any atom is 0.405 e. The number of nitrogens with zero attached hydrogens (tertiary/aromatic N) is 1. The van der Waals surface area contributed by atoms with Gasteiger partial charge >= 0.3 is 6.09 Å². The van der Waals surface area contributed by atoms with E-state index in [9.17, 15) is 9.59 Å². The molecule has 2 amide bonds. The summed E-state index contributed by atoms with van der Waals surface area (Å²) < 4.78 is 0. The van der Waals surface area contributed by atoms with Crippen LogP contribution in [0.25, 0.3) is 11.1 Å². The van der Waals surface area contributed by atoms with Crippen molar-refractivity contribution in [2.75, 3.05) is 5.32 Å². The summed E-state index contributed by atoms with van der Waals surface area (Å²) >= 11 is 0. The van der Waals surface area contributed by atoms with Gasteiger partial charge in [-0.2, -0.15) is 0 Å². The summed E-state index contributed by atoms with van der Waals surface area (Å²) in [5.74, 6) is -0.449. The first-order valence-corrected chi connectivity index (χ1v) is 7.99. The number of carbonyl (C=O) groups is 2. The largest absolute Gasteiger partial charge is 0.465 e. The Morgan fingerprint density at radius 3 is 2.08 bits per heavy atom. The molecule has 0 aliphatic rings. The average Bonchev–Trinajstić information content (AvgIpc) is 2.68. The number of nitrogens with one attached hydrogen (secondary N) is 2. The fourth-order valence-corrected chi connectivity index (χ4v) is 2.57. The number of hydrogen-bond acceptors (Lipinski definition) is 3. The summed E-state index contributed by atoms with van der Waals surface area (Å²) in [6.45, 7) is 0. The summed E-state index contributed by atoms with van der Waals surface area (Å²) in [7, 11) is 0. The number of aromatic nitrogens is 1. The van der Waals surface area contributed by atoms with Crippen LogP contribution in [0.1, 0.15) is 11.6 Å². The van der Waals surface area contributed by atoms with Crippen LogP contribution in [0.2, 0.25) is 0 Å². The summed E-state index contributed by atoms with van der Waals surface area (Å²) in [4.78, 5) is 27.6. The Balaban J connectivity index is 1.76. The quantitative estimate of drug-likeness (QED) is 0.656. The lowest BCUT2D eigenvalue weighted by molar-refractivity contribution is -0.118. The number of carboxylic acid groups (broad SMARTS) is 1. The van der Waals surface area contributed by atoms with E-state index >= 15 is 0 Å². The summed E-state index contributed by atoms with van der Waals surface area (Å²) in [5.41, 5.74) is 3.17. The molecule has 0 spiro atoms. The molecule has 0 aliphatic carbocycles. The van der Waals surface area contributed by atoms with Crippen molar-refractivity contribution in [2.24, 2.45) is 0 Å². The van der Waals surface area contributed by atoms with Gasteiger partial charge in [-0.1, -0.05) is 42.5 Å². The number of carbonyl (C=O) groups excluding carboxylic acids is 1. The molecule has 3 rings (SSSR count). The molecule has 1 aromatic heterocycles. The van der Waals surface area contributed by atoms with E-state index in [1.165, 1.54) is 0 Å². The summed E-state index contributed by atoms with van der Waals surface area (Å²) in [6, 6.07) is 18.8. The van der Waals surface area contributed by atoms with Crippen molar-refractivity contribution in [1.29, 1.82) is 0 Å². The fourth-order valence-electron chi connectivity index (χ4n) is 2.57. The topological polar surface area (TPSA) is 91.3 Å². The molecular formula is C20H17N3O3. The van der Waals surface area contributed by atoms with E-state index in [0.717, 1.165) is 11.1 Å². The Kier molecular flexibility index (Phi) is 5.24. The molecule has 6 heteroatoms. The van der Waals surface area contributed by atoms with Gasteiger partial charge in [-0.15, -0.1) is 0 Å². The minimum absolute atomic E-state index is 0.449. The molecule has 0 radical (unpaired) electrons. The van der Waals surface area contributed by atoms with Crippen LogP contribution in [0.4, 0.5) is 10.5 Å². The zero-order valence-electron chi connectivity index (χ0n) is 13.8. The Morgan fingerprint density at radius 1 is 0.846 bits per heavy atom. The average molecular weight is 347 g/mol. The summed E-state index contributed by atoms with van der Waals surface area (Å²) in [6.07, 6.45) is 2.17. The van der Waals surface area contributed by atoms with Gasteiger partial charge in [0.2, 0.25) is 0 Å². The molecular weight excluding hydrogens is 330 g/mol. The molecule has 3 aromatic rings. The number of hydrogen-bond donors (Lipinski definition) is 3. The smallest absolute Gasteiger partial charge is 0.405 e. The maximum atomic E-state index is 12.6. The van der Waals surface area contributed by atoms with Gasteiger partial charge in [-0.05, 0) is 41.0 Å². The van der Waals surface area contributed by atoms with Gasteiger partial charge in [0.1, 0.15) is 6.04 Å². The monoisotopic (exact) mass is 347 g/mol. The van der Waals surface area contributed by atoms with Gasteiger partial charge in [0.25, 0.3) is 5.91 Å². The van der Waals surface area contributed by atoms with Crippen LogP contribution in [-0.2, 0) is 4.79 Å². The number of rotatable bonds is 5. The third-order valence-corrected chi connectivity index (χ3v) is 3.83. The van der Waals surface area contributed by atoms with E-state index in [1.807, 2.05) is 24.3 Å². The van der Waals surface area contributed by atoms with Crippen molar-refractivity contribution in [3.05, 3.63) is 84.7 Å². The second-order valence-corrected chi connectivity index (χ2v) is 5.60. The maximum absolute atomic E-state index is 12.6. The van der Waals surface area contributed by atoms with Crippen LogP contribution in [0.15, 0.2) is 79.1 Å². The molecule has 2 aromatic carbocycles. The van der Waals surface area contributed by atoms with E-state index in [4.69, 9.17) is 5.11 Å². The zero-order valence-corrected chi connectivity index (χ0v) is 13.8. The predicted molar refractivity (Wildman–Crippen MR) is 98.6 cm³/mol. The van der Waals surface area contributed by atoms with Gasteiger partial charge in [-0.3, -0.25) is 9.78 Å². The van der Waals surface area contributed by atoms with Gasteiger partial charge < -0.3 is 15.7 Å². The van der Waals surface area contributed by atoms with Crippen LogP contribution >= 0.6 is 0 Å². The highest BCUT2D eigenvalue weighted by molar-refractivity contribution is 5.97. The van der Waals surface area contributed by atoms with Crippen LogP contribution in [0.5, 0.6) is 0 Å². The van der Waals surface area contributed by atoms with Gasteiger partial charge in [0.05, 0.1) is 0 Å². The van der Waals surface area contributed by atoms with Gasteiger partial charge in [0.15, 0.2) is 0 Å². The van der Waals surface area contributed by atoms with Crippen molar-refractivity contribution in [1.82, 2.24) is 10.3 Å². The number of amides is 2. The molecule has 0 bridgehead atoms. The first-order chi connectivity index (χ1) is 12.6. The van der Waals surface area contributed by atoms with Crippen molar-refractivity contribution in [3.8, 4) is 11.1 Å². The molecule has 6 nitrogen and oxygen atoms in total. The lowest BCUT2D eigenvalue weighted by atomic mass is 10.1. The predicted octanol–water partition coefficient (Wildman–Crippen LogP) is 3.70. The van der Waals surface area contributed by atoms with Crippen LogP contribution in [0.3, 0.4) is 0 Å². The van der Waals surface area contributed by atoms with Crippen molar-refractivity contribution >= 4 is 17.7 Å². The first kappa shape index (κ1) is 17.2. The lowest BCUT2D eigenvalue weighted by Crippen LogP contribution is -2.36. The second-order valence-electron chi connectivity index (χ2n) is 5.60. The highest BCUT2D eigenvalue weighted by atomic mass is 16.4. The molecule has 26 heavy (non-hydrogen) atoms. The normalized spacial score (nSPS) is 11.4. The molecule has 0 unspecified atom stereocenters. The van der Waals surface area contributed by atoms with Gasteiger partial charge in [-0.25, -0.2) is 4.79 Å². The summed E-state index contributed by atoms with van der Waals surface area (Å²) in [5, 5.41) is 14.0. The SMILES string of the molecule is O=C(O)N[C@H](C(=O)Nc1ccc(-c2ccncc2)cc1)c1ccccc1. The van der Waals surface area contributed by atoms with E-state index in [0.29, 0.717) is 11.3 Å². The molecule has 0 aliphatic heterocycles. The Morgan fingerprint density at radius 2 is 1.46 bits per heavy atom. The van der Waals surface area contributed by atoms with Crippen LogP contribution < -0.4 is 10.6 Å². The molecule has 3 N–H and O–H groups in total.